The van der Waals surface area contributed by atoms with Crippen molar-refractivity contribution in [1.82, 2.24) is 4.98 Å². The second-order valence-corrected chi connectivity index (χ2v) is 6.82. The van der Waals surface area contributed by atoms with Crippen molar-refractivity contribution in [3.63, 3.8) is 0 Å². The molecule has 110 valence electrons. The molecule has 0 N–H and O–H groups in total. The molecule has 0 amide bonds. The van der Waals surface area contributed by atoms with Crippen molar-refractivity contribution in [1.29, 1.82) is 0 Å². The molecule has 21 heavy (non-hydrogen) atoms. The number of anilines is 1. The monoisotopic (exact) mass is 322 g/mol. The Balaban J connectivity index is 2.26. The molecule has 0 radical (unpaired) electrons. The van der Waals surface area contributed by atoms with Crippen molar-refractivity contribution in [2.75, 3.05) is 11.4 Å². The van der Waals surface area contributed by atoms with Gasteiger partial charge in [-0.15, -0.1) is 0 Å². The van der Waals surface area contributed by atoms with Gasteiger partial charge in [-0.3, -0.25) is 9.29 Å². The predicted molar refractivity (Wildman–Crippen MR) is 86.8 cm³/mol. The van der Waals surface area contributed by atoms with E-state index in [1.807, 2.05) is 6.92 Å². The molecule has 0 aliphatic rings. The highest BCUT2D eigenvalue weighted by Crippen LogP contribution is 2.21. The van der Waals surface area contributed by atoms with Crippen LogP contribution in [-0.4, -0.2) is 20.4 Å². The van der Waals surface area contributed by atoms with Gasteiger partial charge in [0, 0.05) is 18.3 Å². The van der Waals surface area contributed by atoms with Gasteiger partial charge >= 0.3 is 0 Å². The number of halogens is 1. The van der Waals surface area contributed by atoms with Crippen molar-refractivity contribution >= 4 is 33.4 Å². The average molecular weight is 323 g/mol. The molecule has 1 aromatic carbocycles. The SMILES string of the molecule is Cc1ccncc1N(C)S(=O)(=O)/C=C/c1ccc(Cl)cc1. The van der Waals surface area contributed by atoms with E-state index in [0.717, 1.165) is 11.1 Å². The maximum atomic E-state index is 12.3. The van der Waals surface area contributed by atoms with Crippen LogP contribution in [0.3, 0.4) is 0 Å². The van der Waals surface area contributed by atoms with E-state index in [1.54, 1.807) is 36.5 Å². The van der Waals surface area contributed by atoms with Crippen molar-refractivity contribution in [3.05, 3.63) is 64.3 Å². The lowest BCUT2D eigenvalue weighted by molar-refractivity contribution is 0.603. The number of nitrogens with zero attached hydrogens (tertiary/aromatic N) is 2. The van der Waals surface area contributed by atoms with Gasteiger partial charge in [-0.2, -0.15) is 0 Å². The quantitative estimate of drug-likeness (QED) is 0.866. The Labute approximate surface area is 129 Å². The van der Waals surface area contributed by atoms with Gasteiger partial charge in [-0.05, 0) is 42.3 Å². The highest BCUT2D eigenvalue weighted by molar-refractivity contribution is 7.95. The van der Waals surface area contributed by atoms with Gasteiger partial charge in [-0.25, -0.2) is 8.42 Å². The smallest absolute Gasteiger partial charge is 0.257 e. The van der Waals surface area contributed by atoms with E-state index in [2.05, 4.69) is 4.98 Å². The Hall–Kier alpha value is -1.85. The van der Waals surface area contributed by atoms with Crippen LogP contribution in [0.25, 0.3) is 6.08 Å². The van der Waals surface area contributed by atoms with E-state index in [9.17, 15) is 8.42 Å². The molecule has 4 nitrogen and oxygen atoms in total. The fourth-order valence-corrected chi connectivity index (χ4v) is 2.86. The topological polar surface area (TPSA) is 50.3 Å². The highest BCUT2D eigenvalue weighted by Gasteiger charge is 2.16. The zero-order valence-corrected chi connectivity index (χ0v) is 13.3. The number of rotatable bonds is 4. The summed E-state index contributed by atoms with van der Waals surface area (Å²) in [6.45, 7) is 1.84. The molecule has 0 aliphatic carbocycles. The predicted octanol–water partition coefficient (Wildman–Crippen LogP) is 3.48. The zero-order chi connectivity index (χ0) is 15.5. The van der Waals surface area contributed by atoms with Crippen LogP contribution in [0.5, 0.6) is 0 Å². The summed E-state index contributed by atoms with van der Waals surface area (Å²) in [7, 11) is -2.06. The maximum Gasteiger partial charge on any atom is 0.257 e. The summed E-state index contributed by atoms with van der Waals surface area (Å²) in [5.74, 6) is 0. The molecule has 6 heteroatoms. The lowest BCUT2D eigenvalue weighted by atomic mass is 10.2. The Morgan fingerprint density at radius 2 is 1.86 bits per heavy atom. The summed E-state index contributed by atoms with van der Waals surface area (Å²) >= 11 is 5.79. The first-order valence-corrected chi connectivity index (χ1v) is 8.11. The summed E-state index contributed by atoms with van der Waals surface area (Å²) in [5.41, 5.74) is 2.16. The van der Waals surface area contributed by atoms with Crippen molar-refractivity contribution in [2.24, 2.45) is 0 Å². The summed E-state index contributed by atoms with van der Waals surface area (Å²) in [5, 5.41) is 1.78. The first-order chi connectivity index (χ1) is 9.90. The third kappa shape index (κ3) is 3.83. The van der Waals surface area contributed by atoms with Gasteiger partial charge in [0.25, 0.3) is 10.0 Å². The second-order valence-electron chi connectivity index (χ2n) is 4.53. The molecule has 0 unspecified atom stereocenters. The van der Waals surface area contributed by atoms with E-state index >= 15 is 0 Å². The molecule has 0 fully saturated rings. The molecule has 0 atom stereocenters. The molecular formula is C15H15ClN2O2S. The van der Waals surface area contributed by atoms with Crippen molar-refractivity contribution in [2.45, 2.75) is 6.92 Å². The highest BCUT2D eigenvalue weighted by atomic mass is 35.5. The van der Waals surface area contributed by atoms with Gasteiger partial charge in [-0.1, -0.05) is 23.7 Å². The van der Waals surface area contributed by atoms with Crippen LogP contribution in [0.1, 0.15) is 11.1 Å². The Bertz CT molecular complexity index is 755. The summed E-state index contributed by atoms with van der Waals surface area (Å²) in [4.78, 5) is 3.96. The maximum absolute atomic E-state index is 12.3. The van der Waals surface area contributed by atoms with Crippen molar-refractivity contribution in [3.8, 4) is 0 Å². The van der Waals surface area contributed by atoms with Gasteiger partial charge in [0.15, 0.2) is 0 Å². The van der Waals surface area contributed by atoms with Crippen LogP contribution in [0.2, 0.25) is 5.02 Å². The number of hydrogen-bond acceptors (Lipinski definition) is 3. The second kappa shape index (κ2) is 6.28. The Morgan fingerprint density at radius 1 is 1.19 bits per heavy atom. The minimum absolute atomic E-state index is 0.554. The number of aryl methyl sites for hydroxylation is 1. The summed E-state index contributed by atoms with van der Waals surface area (Å²) in [6.07, 6.45) is 4.69. The standard InChI is InChI=1S/C15H15ClN2O2S/c1-12-7-9-17-11-15(12)18(2)21(19,20)10-8-13-3-5-14(16)6-4-13/h3-11H,1-2H3/b10-8+. The van der Waals surface area contributed by atoms with E-state index in [0.29, 0.717) is 10.7 Å². The molecule has 0 bridgehead atoms. The van der Waals surface area contributed by atoms with Crippen LogP contribution in [0.4, 0.5) is 5.69 Å². The molecule has 0 spiro atoms. The van der Waals surface area contributed by atoms with Crippen LogP contribution >= 0.6 is 11.6 Å². The molecule has 1 aromatic heterocycles. The minimum Gasteiger partial charge on any atom is -0.268 e. The van der Waals surface area contributed by atoms with Crippen molar-refractivity contribution < 1.29 is 8.42 Å². The lowest BCUT2D eigenvalue weighted by Gasteiger charge is -2.18. The number of aromatic nitrogens is 1. The molecule has 0 saturated carbocycles. The van der Waals surface area contributed by atoms with Crippen LogP contribution in [-0.2, 0) is 10.0 Å². The molecule has 2 aromatic rings. The largest absolute Gasteiger partial charge is 0.268 e. The van der Waals surface area contributed by atoms with Gasteiger partial charge in [0.05, 0.1) is 17.3 Å². The molecule has 0 saturated heterocycles. The third-order valence-electron chi connectivity index (χ3n) is 3.03. The van der Waals surface area contributed by atoms with E-state index in [4.69, 9.17) is 11.6 Å². The van der Waals surface area contributed by atoms with Gasteiger partial charge in [0.1, 0.15) is 0 Å². The molecule has 1 heterocycles. The number of hydrogen-bond donors (Lipinski definition) is 0. The fraction of sp³-hybridized carbons (Fsp3) is 0.133. The first kappa shape index (κ1) is 15.5. The summed E-state index contributed by atoms with van der Waals surface area (Å²) < 4.78 is 25.8. The minimum atomic E-state index is -3.56. The van der Waals surface area contributed by atoms with Gasteiger partial charge < -0.3 is 0 Å². The first-order valence-electron chi connectivity index (χ1n) is 6.23. The van der Waals surface area contributed by atoms with Crippen LogP contribution in [0, 0.1) is 6.92 Å². The van der Waals surface area contributed by atoms with Gasteiger partial charge in [0.2, 0.25) is 0 Å². The number of benzene rings is 1. The zero-order valence-electron chi connectivity index (χ0n) is 11.7. The molecule has 2 rings (SSSR count). The van der Waals surface area contributed by atoms with Crippen LogP contribution in [0.15, 0.2) is 48.1 Å². The average Bonchev–Trinajstić information content (AvgIpc) is 2.46. The third-order valence-corrected chi connectivity index (χ3v) is 4.73. The Morgan fingerprint density at radius 3 is 2.48 bits per heavy atom. The number of pyridine rings is 1. The summed E-state index contributed by atoms with van der Waals surface area (Å²) in [6, 6.07) is 8.70. The Kier molecular flexibility index (Phi) is 4.65. The van der Waals surface area contributed by atoms with E-state index in [1.165, 1.54) is 29.0 Å². The number of sulfonamides is 1. The van der Waals surface area contributed by atoms with E-state index < -0.39 is 10.0 Å². The molecule has 0 aliphatic heterocycles. The van der Waals surface area contributed by atoms with Crippen LogP contribution < -0.4 is 4.31 Å². The van der Waals surface area contributed by atoms with E-state index in [-0.39, 0.29) is 0 Å². The lowest BCUT2D eigenvalue weighted by Crippen LogP contribution is -2.25. The normalized spacial score (nSPS) is 11.8. The molecular weight excluding hydrogens is 308 g/mol. The fourth-order valence-electron chi connectivity index (χ4n) is 1.75.